The number of nitrogens with zero attached hydrogens (tertiary/aromatic N) is 2. The number of rotatable bonds is 3. The Labute approximate surface area is 107 Å². The summed E-state index contributed by atoms with van der Waals surface area (Å²) in [6, 6.07) is 10.7. The Balaban J connectivity index is 2.03. The van der Waals surface area contributed by atoms with Gasteiger partial charge in [0.2, 0.25) is 0 Å². The molecule has 1 fully saturated rings. The SMILES string of the molecule is CCN1/C(=C/C=Nc2ccccc2)SC[C@H]1C. The van der Waals surface area contributed by atoms with Crippen molar-refractivity contribution in [1.82, 2.24) is 4.90 Å². The van der Waals surface area contributed by atoms with Crippen molar-refractivity contribution in [1.29, 1.82) is 0 Å². The van der Waals surface area contributed by atoms with Gasteiger partial charge in [-0.05, 0) is 32.1 Å². The fourth-order valence-electron chi connectivity index (χ4n) is 1.91. The van der Waals surface area contributed by atoms with Gasteiger partial charge in [-0.25, -0.2) is 0 Å². The molecule has 0 unspecified atom stereocenters. The first-order valence-corrected chi connectivity index (χ1v) is 6.98. The Morgan fingerprint density at radius 2 is 2.18 bits per heavy atom. The van der Waals surface area contributed by atoms with Crippen LogP contribution in [0.3, 0.4) is 0 Å². The molecular formula is C14H18N2S. The van der Waals surface area contributed by atoms with Crippen LogP contribution in [0.2, 0.25) is 0 Å². The van der Waals surface area contributed by atoms with E-state index in [-0.39, 0.29) is 0 Å². The summed E-state index contributed by atoms with van der Waals surface area (Å²) in [6.45, 7) is 5.54. The largest absolute Gasteiger partial charge is 0.363 e. The molecule has 0 N–H and O–H groups in total. The standard InChI is InChI=1S/C14H18N2S/c1-3-16-12(2)11-17-14(16)9-10-15-13-7-5-4-6-8-13/h4-10,12H,3,11H2,1-2H3/b14-9-,15-10?/t12-/m1/s1. The molecule has 0 bridgehead atoms. The maximum absolute atomic E-state index is 4.42. The van der Waals surface area contributed by atoms with Gasteiger partial charge in [0.25, 0.3) is 0 Å². The second-order valence-corrected chi connectivity index (χ2v) is 5.10. The summed E-state index contributed by atoms with van der Waals surface area (Å²) in [5.41, 5.74) is 1.00. The third-order valence-electron chi connectivity index (χ3n) is 2.83. The van der Waals surface area contributed by atoms with Crippen LogP contribution in [0.15, 0.2) is 46.4 Å². The van der Waals surface area contributed by atoms with Crippen molar-refractivity contribution in [2.75, 3.05) is 12.3 Å². The summed E-state index contributed by atoms with van der Waals surface area (Å²) in [7, 11) is 0. The molecular weight excluding hydrogens is 228 g/mol. The number of benzene rings is 1. The van der Waals surface area contributed by atoms with E-state index in [9.17, 15) is 0 Å². The molecule has 0 saturated carbocycles. The molecule has 1 aromatic rings. The van der Waals surface area contributed by atoms with Crippen molar-refractivity contribution in [3.63, 3.8) is 0 Å². The van der Waals surface area contributed by atoms with Gasteiger partial charge in [0, 0.05) is 24.6 Å². The van der Waals surface area contributed by atoms with E-state index in [1.165, 1.54) is 10.8 Å². The summed E-state index contributed by atoms with van der Waals surface area (Å²) >= 11 is 1.91. The first kappa shape index (κ1) is 12.2. The summed E-state index contributed by atoms with van der Waals surface area (Å²) in [4.78, 5) is 6.84. The van der Waals surface area contributed by atoms with Crippen molar-refractivity contribution in [3.8, 4) is 0 Å². The van der Waals surface area contributed by atoms with Crippen LogP contribution in [0.5, 0.6) is 0 Å². The van der Waals surface area contributed by atoms with Crippen molar-refractivity contribution < 1.29 is 0 Å². The molecule has 0 spiro atoms. The third kappa shape index (κ3) is 3.13. The van der Waals surface area contributed by atoms with E-state index in [2.05, 4.69) is 29.8 Å². The van der Waals surface area contributed by atoms with Crippen molar-refractivity contribution in [2.45, 2.75) is 19.9 Å². The van der Waals surface area contributed by atoms with E-state index >= 15 is 0 Å². The van der Waals surface area contributed by atoms with Crippen LogP contribution in [-0.4, -0.2) is 29.5 Å². The van der Waals surface area contributed by atoms with E-state index in [1.807, 2.05) is 48.3 Å². The van der Waals surface area contributed by atoms with Crippen molar-refractivity contribution >= 4 is 23.7 Å². The minimum Gasteiger partial charge on any atom is -0.363 e. The van der Waals surface area contributed by atoms with Gasteiger partial charge in [-0.15, -0.1) is 11.8 Å². The van der Waals surface area contributed by atoms with Crippen LogP contribution in [0, 0.1) is 0 Å². The zero-order valence-corrected chi connectivity index (χ0v) is 11.2. The molecule has 0 aromatic heterocycles. The number of thioether (sulfide) groups is 1. The molecule has 1 saturated heterocycles. The van der Waals surface area contributed by atoms with Crippen molar-refractivity contribution in [2.24, 2.45) is 4.99 Å². The zero-order chi connectivity index (χ0) is 12.1. The lowest BCUT2D eigenvalue weighted by Crippen LogP contribution is -2.26. The lowest BCUT2D eigenvalue weighted by Gasteiger charge is -2.21. The maximum Gasteiger partial charge on any atom is 0.0726 e. The summed E-state index contributed by atoms with van der Waals surface area (Å²) < 4.78 is 0. The highest BCUT2D eigenvalue weighted by molar-refractivity contribution is 8.03. The number of allylic oxidation sites excluding steroid dienone is 1. The molecule has 2 rings (SSSR count). The van der Waals surface area contributed by atoms with E-state index in [4.69, 9.17) is 0 Å². The predicted octanol–water partition coefficient (Wildman–Crippen LogP) is 3.69. The van der Waals surface area contributed by atoms with Gasteiger partial charge in [0.15, 0.2) is 0 Å². The lowest BCUT2D eigenvalue weighted by molar-refractivity contribution is 0.337. The second-order valence-electron chi connectivity index (χ2n) is 4.06. The Morgan fingerprint density at radius 3 is 2.88 bits per heavy atom. The van der Waals surface area contributed by atoms with Gasteiger partial charge in [0.1, 0.15) is 0 Å². The number of aliphatic imine (C=N–C) groups is 1. The van der Waals surface area contributed by atoms with Gasteiger partial charge in [-0.3, -0.25) is 4.99 Å². The Morgan fingerprint density at radius 1 is 1.41 bits per heavy atom. The highest BCUT2D eigenvalue weighted by Crippen LogP contribution is 2.31. The molecule has 1 atom stereocenters. The molecule has 3 heteroatoms. The van der Waals surface area contributed by atoms with Crippen LogP contribution in [-0.2, 0) is 0 Å². The zero-order valence-electron chi connectivity index (χ0n) is 10.3. The average Bonchev–Trinajstić information content (AvgIpc) is 2.71. The molecule has 0 aliphatic carbocycles. The Hall–Kier alpha value is -1.22. The van der Waals surface area contributed by atoms with Crippen LogP contribution in [0.1, 0.15) is 13.8 Å². The quantitative estimate of drug-likeness (QED) is 0.756. The molecule has 0 radical (unpaired) electrons. The van der Waals surface area contributed by atoms with E-state index in [0.29, 0.717) is 6.04 Å². The number of para-hydroxylation sites is 1. The van der Waals surface area contributed by atoms with E-state index in [0.717, 1.165) is 12.2 Å². The first-order chi connectivity index (χ1) is 8.31. The van der Waals surface area contributed by atoms with E-state index in [1.54, 1.807) is 0 Å². The fourth-order valence-corrected chi connectivity index (χ4v) is 3.13. The monoisotopic (exact) mass is 246 g/mol. The van der Waals surface area contributed by atoms with Gasteiger partial charge >= 0.3 is 0 Å². The smallest absolute Gasteiger partial charge is 0.0726 e. The van der Waals surface area contributed by atoms with Gasteiger partial charge in [-0.1, -0.05) is 18.2 Å². The van der Waals surface area contributed by atoms with Gasteiger partial charge in [0.05, 0.1) is 10.7 Å². The Bertz CT molecular complexity index is 411. The Kier molecular flexibility index (Phi) is 4.26. The highest BCUT2D eigenvalue weighted by Gasteiger charge is 2.22. The minimum absolute atomic E-state index is 0.640. The molecule has 1 aliphatic rings. The lowest BCUT2D eigenvalue weighted by atomic mass is 10.3. The molecule has 17 heavy (non-hydrogen) atoms. The van der Waals surface area contributed by atoms with Gasteiger partial charge in [-0.2, -0.15) is 0 Å². The van der Waals surface area contributed by atoms with Crippen LogP contribution in [0.4, 0.5) is 5.69 Å². The number of hydrogen-bond donors (Lipinski definition) is 0. The molecule has 1 heterocycles. The molecule has 90 valence electrons. The second kappa shape index (κ2) is 5.92. The molecule has 0 amide bonds. The maximum atomic E-state index is 4.42. The number of hydrogen-bond acceptors (Lipinski definition) is 3. The highest BCUT2D eigenvalue weighted by atomic mass is 32.2. The summed E-state index contributed by atoms with van der Waals surface area (Å²) in [6.07, 6.45) is 4.02. The summed E-state index contributed by atoms with van der Waals surface area (Å²) in [5, 5.41) is 1.33. The summed E-state index contributed by atoms with van der Waals surface area (Å²) in [5.74, 6) is 1.18. The van der Waals surface area contributed by atoms with Crippen LogP contribution >= 0.6 is 11.8 Å². The van der Waals surface area contributed by atoms with Crippen molar-refractivity contribution in [3.05, 3.63) is 41.4 Å². The topological polar surface area (TPSA) is 15.6 Å². The van der Waals surface area contributed by atoms with Gasteiger partial charge < -0.3 is 4.90 Å². The molecule has 1 aliphatic heterocycles. The fraction of sp³-hybridized carbons (Fsp3) is 0.357. The molecule has 2 nitrogen and oxygen atoms in total. The predicted molar refractivity (Wildman–Crippen MR) is 77.0 cm³/mol. The van der Waals surface area contributed by atoms with E-state index < -0.39 is 0 Å². The first-order valence-electron chi connectivity index (χ1n) is 6.00. The average molecular weight is 246 g/mol. The molecule has 1 aromatic carbocycles. The van der Waals surface area contributed by atoms with Crippen LogP contribution < -0.4 is 0 Å². The normalized spacial score (nSPS) is 22.8. The third-order valence-corrected chi connectivity index (χ3v) is 4.14. The van der Waals surface area contributed by atoms with Crippen LogP contribution in [0.25, 0.3) is 0 Å². The minimum atomic E-state index is 0.640.